The Morgan fingerprint density at radius 1 is 0.614 bits per heavy atom. The predicted molar refractivity (Wildman–Crippen MR) is 153 cm³/mol. The first-order valence-electron chi connectivity index (χ1n) is 13.3. The summed E-state index contributed by atoms with van der Waals surface area (Å²) in [6, 6.07) is 15.6. The van der Waals surface area contributed by atoms with E-state index in [-0.39, 0.29) is 44.8 Å². The summed E-state index contributed by atoms with van der Waals surface area (Å²) in [6.45, 7) is 2.59. The van der Waals surface area contributed by atoms with Crippen LogP contribution >= 0.6 is 0 Å². The van der Waals surface area contributed by atoms with Gasteiger partial charge in [-0.25, -0.2) is 4.90 Å². The second-order valence-corrected chi connectivity index (χ2v) is 11.0. The van der Waals surface area contributed by atoms with Crippen LogP contribution in [0.25, 0.3) is 11.1 Å². The fraction of sp³-hybridized carbons (Fsp3) is 0.152. The van der Waals surface area contributed by atoms with Gasteiger partial charge in [0.25, 0.3) is 23.6 Å². The molecule has 2 heterocycles. The average molecular weight is 601 g/mol. The molecule has 0 fully saturated rings. The van der Waals surface area contributed by atoms with E-state index in [1.807, 2.05) is 0 Å². The van der Waals surface area contributed by atoms with Gasteiger partial charge in [-0.3, -0.25) is 24.1 Å². The van der Waals surface area contributed by atoms with E-state index in [0.717, 1.165) is 42.2 Å². The molecule has 222 valence electrons. The van der Waals surface area contributed by atoms with Crippen molar-refractivity contribution in [3.05, 3.63) is 112 Å². The number of carbonyl (C=O) groups is 4. The number of imide groups is 2. The van der Waals surface area contributed by atoms with Crippen LogP contribution in [0.4, 0.5) is 18.9 Å². The minimum atomic E-state index is -4.92. The van der Waals surface area contributed by atoms with E-state index in [9.17, 15) is 42.6 Å². The average Bonchev–Trinajstić information content (AvgIpc) is 3.36. The largest absolute Gasteiger partial charge is 0.508 e. The van der Waals surface area contributed by atoms with E-state index in [1.165, 1.54) is 31.3 Å². The van der Waals surface area contributed by atoms with Gasteiger partial charge in [0.2, 0.25) is 0 Å². The number of hydrogen-bond donors (Lipinski definition) is 2. The summed E-state index contributed by atoms with van der Waals surface area (Å²) in [5.74, 6) is -3.44. The van der Waals surface area contributed by atoms with E-state index in [2.05, 4.69) is 0 Å². The number of phenolic OH excluding ortho intramolecular Hbond substituents is 2. The fourth-order valence-corrected chi connectivity index (χ4v) is 5.65. The molecule has 0 bridgehead atoms. The lowest BCUT2D eigenvalue weighted by atomic mass is 9.74. The molecule has 0 aromatic heterocycles. The van der Waals surface area contributed by atoms with Crippen LogP contribution in [0.1, 0.15) is 65.0 Å². The summed E-state index contributed by atoms with van der Waals surface area (Å²) in [5, 5.41) is 20.5. The number of aryl methyl sites for hydroxylation is 1. The summed E-state index contributed by atoms with van der Waals surface area (Å²) < 4.78 is 44.7. The van der Waals surface area contributed by atoms with Crippen molar-refractivity contribution in [3.63, 3.8) is 0 Å². The molecule has 1 unspecified atom stereocenters. The summed E-state index contributed by atoms with van der Waals surface area (Å²) in [4.78, 5) is 53.5. The molecule has 6 rings (SSSR count). The Kier molecular flexibility index (Phi) is 6.21. The Morgan fingerprint density at radius 2 is 1.09 bits per heavy atom. The fourth-order valence-electron chi connectivity index (χ4n) is 5.65. The van der Waals surface area contributed by atoms with Crippen molar-refractivity contribution in [1.29, 1.82) is 0 Å². The minimum absolute atomic E-state index is 0.0133. The number of halogens is 3. The van der Waals surface area contributed by atoms with Gasteiger partial charge in [0.05, 0.1) is 27.9 Å². The van der Waals surface area contributed by atoms with Gasteiger partial charge in [-0.05, 0) is 90.2 Å². The predicted octanol–water partition coefficient (Wildman–Crippen LogP) is 5.97. The molecule has 8 nitrogen and oxygen atoms in total. The van der Waals surface area contributed by atoms with Crippen LogP contribution < -0.4 is 4.90 Å². The van der Waals surface area contributed by atoms with E-state index < -0.39 is 41.0 Å². The van der Waals surface area contributed by atoms with Gasteiger partial charge in [-0.1, -0.05) is 24.3 Å². The Labute approximate surface area is 248 Å². The molecule has 0 saturated carbocycles. The van der Waals surface area contributed by atoms with Gasteiger partial charge in [0.1, 0.15) is 16.9 Å². The zero-order valence-electron chi connectivity index (χ0n) is 23.5. The smallest absolute Gasteiger partial charge is 0.402 e. The molecule has 2 N–H and O–H groups in total. The topological polar surface area (TPSA) is 115 Å². The number of benzene rings is 4. The molecule has 4 amide bonds. The summed E-state index contributed by atoms with van der Waals surface area (Å²) >= 11 is 0. The molecule has 44 heavy (non-hydrogen) atoms. The minimum Gasteiger partial charge on any atom is -0.508 e. The number of hydrogen-bond acceptors (Lipinski definition) is 6. The Bertz CT molecular complexity index is 1970. The van der Waals surface area contributed by atoms with Gasteiger partial charge >= 0.3 is 6.18 Å². The lowest BCUT2D eigenvalue weighted by Gasteiger charge is -2.33. The number of amides is 4. The first kappa shape index (κ1) is 28.7. The number of rotatable bonds is 4. The van der Waals surface area contributed by atoms with Crippen molar-refractivity contribution < 1.29 is 42.6 Å². The van der Waals surface area contributed by atoms with Crippen LogP contribution in [-0.4, -0.2) is 52.0 Å². The number of anilines is 1. The SMILES string of the molecule is Cc1cc(-c2ccc(O)c(N3C(=O)c4ccc(C(C)(c5ccc6c(c5)C(=O)N(C)C6=O)C(F)(F)F)cc4C3=O)c2)ccc1O. The Hall–Kier alpha value is -5.45. The molecular formula is C33H23F3N2O6. The Balaban J connectivity index is 1.43. The normalized spacial score (nSPS) is 16.0. The zero-order valence-corrected chi connectivity index (χ0v) is 23.5. The number of phenols is 2. The molecule has 2 aliphatic heterocycles. The monoisotopic (exact) mass is 600 g/mol. The molecule has 2 aliphatic rings. The van der Waals surface area contributed by atoms with Gasteiger partial charge in [0, 0.05) is 7.05 Å². The van der Waals surface area contributed by atoms with E-state index in [0.29, 0.717) is 21.6 Å². The standard InChI is InChI=1S/C33H23F3N2O6/c1-16-12-17(4-10-26(16)39)18-5-11-27(40)25(13-18)38-30(43)22-9-7-20(15-24(22)31(38)44)32(2,33(34,35)36)19-6-8-21-23(14-19)29(42)37(3)28(21)41/h4-15,39-40H,1-3H3. The number of fused-ring (bicyclic) bond motifs is 2. The summed E-state index contributed by atoms with van der Waals surface area (Å²) in [7, 11) is 1.24. The highest BCUT2D eigenvalue weighted by Gasteiger charge is 2.55. The summed E-state index contributed by atoms with van der Waals surface area (Å²) in [5.41, 5.74) is -2.50. The highest BCUT2D eigenvalue weighted by atomic mass is 19.4. The van der Waals surface area contributed by atoms with Crippen LogP contribution in [0.3, 0.4) is 0 Å². The number of carbonyl (C=O) groups excluding carboxylic acids is 4. The van der Waals surface area contributed by atoms with E-state index in [1.54, 1.807) is 25.1 Å². The van der Waals surface area contributed by atoms with Crippen molar-refractivity contribution >= 4 is 29.3 Å². The van der Waals surface area contributed by atoms with Gasteiger partial charge < -0.3 is 10.2 Å². The van der Waals surface area contributed by atoms with Crippen LogP contribution in [0.2, 0.25) is 0 Å². The number of nitrogens with zero attached hydrogens (tertiary/aromatic N) is 2. The molecule has 4 aromatic carbocycles. The van der Waals surface area contributed by atoms with Crippen molar-refractivity contribution in [2.45, 2.75) is 25.4 Å². The first-order valence-corrected chi connectivity index (χ1v) is 13.3. The van der Waals surface area contributed by atoms with Crippen molar-refractivity contribution in [2.24, 2.45) is 0 Å². The maximum Gasteiger partial charge on any atom is 0.402 e. The van der Waals surface area contributed by atoms with Gasteiger partial charge in [0.15, 0.2) is 0 Å². The van der Waals surface area contributed by atoms with Crippen molar-refractivity contribution in [2.75, 3.05) is 11.9 Å². The van der Waals surface area contributed by atoms with E-state index in [4.69, 9.17) is 0 Å². The lowest BCUT2D eigenvalue weighted by Crippen LogP contribution is -2.41. The van der Waals surface area contributed by atoms with Crippen molar-refractivity contribution in [3.8, 4) is 22.6 Å². The van der Waals surface area contributed by atoms with Crippen LogP contribution in [0, 0.1) is 6.92 Å². The zero-order chi connectivity index (χ0) is 31.9. The molecule has 0 radical (unpaired) electrons. The first-order chi connectivity index (χ1) is 20.6. The maximum absolute atomic E-state index is 14.9. The van der Waals surface area contributed by atoms with Crippen LogP contribution in [-0.2, 0) is 5.41 Å². The third-order valence-electron chi connectivity index (χ3n) is 8.44. The molecule has 11 heteroatoms. The molecule has 4 aromatic rings. The lowest BCUT2D eigenvalue weighted by molar-refractivity contribution is -0.173. The third-order valence-corrected chi connectivity index (χ3v) is 8.44. The van der Waals surface area contributed by atoms with Crippen molar-refractivity contribution in [1.82, 2.24) is 4.90 Å². The van der Waals surface area contributed by atoms with Crippen LogP contribution in [0.15, 0.2) is 72.8 Å². The molecule has 0 saturated heterocycles. The molecule has 0 spiro atoms. The van der Waals surface area contributed by atoms with E-state index >= 15 is 0 Å². The highest BCUT2D eigenvalue weighted by molar-refractivity contribution is 6.35. The maximum atomic E-state index is 14.9. The second kappa shape index (κ2) is 9.53. The Morgan fingerprint density at radius 3 is 1.66 bits per heavy atom. The van der Waals surface area contributed by atoms with Gasteiger partial charge in [-0.15, -0.1) is 0 Å². The van der Waals surface area contributed by atoms with Crippen LogP contribution in [0.5, 0.6) is 11.5 Å². The number of alkyl halides is 3. The number of aromatic hydroxyl groups is 2. The highest BCUT2D eigenvalue weighted by Crippen LogP contribution is 2.48. The third kappa shape index (κ3) is 3.99. The quantitative estimate of drug-likeness (QED) is 0.279. The summed E-state index contributed by atoms with van der Waals surface area (Å²) in [6.07, 6.45) is -4.92. The molecular weight excluding hydrogens is 577 g/mol. The second-order valence-electron chi connectivity index (χ2n) is 11.0. The molecule has 0 aliphatic carbocycles. The van der Waals surface area contributed by atoms with Gasteiger partial charge in [-0.2, -0.15) is 13.2 Å². The molecule has 1 atom stereocenters.